The molecule has 0 saturated carbocycles. The lowest BCUT2D eigenvalue weighted by atomic mass is 10.1. The van der Waals surface area contributed by atoms with E-state index in [1.807, 2.05) is 19.9 Å². The number of carbonyl (C=O) groups excluding carboxylic acids is 1. The molecule has 0 bridgehead atoms. The molecule has 1 aliphatic heterocycles. The summed E-state index contributed by atoms with van der Waals surface area (Å²) in [6.45, 7) is 5.80. The first kappa shape index (κ1) is 18.5. The smallest absolute Gasteiger partial charge is 0.359 e. The van der Waals surface area contributed by atoms with Crippen molar-refractivity contribution in [3.63, 3.8) is 0 Å². The van der Waals surface area contributed by atoms with Crippen molar-refractivity contribution < 1.29 is 22.5 Å². The number of carbonyl (C=O) groups is 1. The van der Waals surface area contributed by atoms with Gasteiger partial charge in [0.25, 0.3) is 0 Å². The minimum atomic E-state index is -4.53. The van der Waals surface area contributed by atoms with Crippen LogP contribution in [0.5, 0.6) is 0 Å². The maximum absolute atomic E-state index is 12.8. The van der Waals surface area contributed by atoms with Gasteiger partial charge >= 0.3 is 6.18 Å². The molecule has 0 N–H and O–H groups in total. The molecule has 0 spiro atoms. The largest absolute Gasteiger partial charge is 0.435 e. The lowest BCUT2D eigenvalue weighted by Gasteiger charge is -2.23. The summed E-state index contributed by atoms with van der Waals surface area (Å²) < 4.78 is 44.8. The fourth-order valence-corrected chi connectivity index (χ4v) is 3.12. The number of halogens is 3. The molecule has 1 aliphatic rings. The molecule has 3 rings (SSSR count). The maximum Gasteiger partial charge on any atom is 0.435 e. The molecule has 2 aromatic heterocycles. The molecule has 0 aromatic carbocycles. The van der Waals surface area contributed by atoms with Crippen LogP contribution in [-0.2, 0) is 17.5 Å². The van der Waals surface area contributed by atoms with Crippen molar-refractivity contribution in [2.24, 2.45) is 0 Å². The van der Waals surface area contributed by atoms with Crippen LogP contribution in [0.2, 0.25) is 0 Å². The van der Waals surface area contributed by atoms with Crippen molar-refractivity contribution in [3.05, 3.63) is 35.0 Å². The van der Waals surface area contributed by atoms with Gasteiger partial charge in [0.05, 0.1) is 11.7 Å². The minimum absolute atomic E-state index is 0.213. The second-order valence-corrected chi connectivity index (χ2v) is 6.88. The van der Waals surface area contributed by atoms with Gasteiger partial charge in [0.2, 0.25) is 5.91 Å². The van der Waals surface area contributed by atoms with E-state index in [1.165, 1.54) is 6.92 Å². The first-order valence-corrected chi connectivity index (χ1v) is 8.54. The Labute approximate surface area is 148 Å². The summed E-state index contributed by atoms with van der Waals surface area (Å²) in [4.78, 5) is 14.3. The Morgan fingerprint density at radius 3 is 2.69 bits per heavy atom. The van der Waals surface area contributed by atoms with E-state index in [-0.39, 0.29) is 24.4 Å². The van der Waals surface area contributed by atoms with Gasteiger partial charge in [0, 0.05) is 18.3 Å². The number of amides is 1. The third-order valence-electron chi connectivity index (χ3n) is 4.60. The van der Waals surface area contributed by atoms with Gasteiger partial charge in [-0.3, -0.25) is 9.48 Å². The molecule has 1 amide bonds. The van der Waals surface area contributed by atoms with Crippen molar-refractivity contribution in [2.75, 3.05) is 6.54 Å². The second kappa shape index (κ2) is 6.77. The molecule has 0 aliphatic carbocycles. The van der Waals surface area contributed by atoms with Crippen LogP contribution in [-0.4, -0.2) is 32.3 Å². The molecule has 26 heavy (non-hydrogen) atoms. The van der Waals surface area contributed by atoms with Crippen LogP contribution in [0.25, 0.3) is 0 Å². The van der Waals surface area contributed by atoms with Gasteiger partial charge in [0.15, 0.2) is 11.5 Å². The zero-order valence-electron chi connectivity index (χ0n) is 14.9. The van der Waals surface area contributed by atoms with Crippen LogP contribution in [0.1, 0.15) is 61.5 Å². The fourth-order valence-electron chi connectivity index (χ4n) is 3.12. The van der Waals surface area contributed by atoms with E-state index >= 15 is 0 Å². The number of alkyl halides is 3. The molecule has 3 heterocycles. The Balaban J connectivity index is 1.75. The van der Waals surface area contributed by atoms with Crippen LogP contribution < -0.4 is 0 Å². The predicted octanol–water partition coefficient (Wildman–Crippen LogP) is 3.69. The Bertz CT molecular complexity index is 794. The Morgan fingerprint density at radius 2 is 2.12 bits per heavy atom. The third-order valence-corrected chi connectivity index (χ3v) is 4.60. The van der Waals surface area contributed by atoms with E-state index in [2.05, 4.69) is 10.3 Å². The van der Waals surface area contributed by atoms with E-state index in [0.717, 1.165) is 29.3 Å². The van der Waals surface area contributed by atoms with E-state index in [4.69, 9.17) is 4.52 Å². The highest BCUT2D eigenvalue weighted by Crippen LogP contribution is 2.34. The summed E-state index contributed by atoms with van der Waals surface area (Å²) in [5.41, 5.74) is 0.123. The summed E-state index contributed by atoms with van der Waals surface area (Å²) >= 11 is 0. The lowest BCUT2D eigenvalue weighted by molar-refractivity contribution is -0.142. The highest BCUT2D eigenvalue weighted by molar-refractivity contribution is 5.76. The van der Waals surface area contributed by atoms with E-state index in [9.17, 15) is 18.0 Å². The predicted molar refractivity (Wildman–Crippen MR) is 86.2 cm³/mol. The minimum Gasteiger partial charge on any atom is -0.359 e. The van der Waals surface area contributed by atoms with Gasteiger partial charge in [-0.25, -0.2) is 0 Å². The molecule has 1 atom stereocenters. The fraction of sp³-hybridized carbons (Fsp3) is 0.588. The summed E-state index contributed by atoms with van der Waals surface area (Å²) in [6, 6.07) is 2.56. The number of rotatable bonds is 4. The van der Waals surface area contributed by atoms with E-state index in [0.29, 0.717) is 18.0 Å². The van der Waals surface area contributed by atoms with Gasteiger partial charge in [-0.15, -0.1) is 0 Å². The monoisotopic (exact) mass is 370 g/mol. The summed E-state index contributed by atoms with van der Waals surface area (Å²) in [7, 11) is 0. The van der Waals surface area contributed by atoms with Crippen LogP contribution in [0.15, 0.2) is 16.7 Å². The van der Waals surface area contributed by atoms with Crippen LogP contribution in [0.3, 0.4) is 0 Å². The van der Waals surface area contributed by atoms with Crippen molar-refractivity contribution >= 4 is 5.91 Å². The number of hydrogen-bond acceptors (Lipinski definition) is 4. The molecule has 1 unspecified atom stereocenters. The summed E-state index contributed by atoms with van der Waals surface area (Å²) in [5, 5.41) is 7.55. The SMILES string of the molecule is Cc1cc(C(F)(F)F)nn1CC(=O)N1CCCC1c1cc(C(C)C)no1. The average molecular weight is 370 g/mol. The van der Waals surface area contributed by atoms with Gasteiger partial charge < -0.3 is 9.42 Å². The molecule has 1 fully saturated rings. The average Bonchev–Trinajstić information content (AvgIpc) is 3.24. The molecule has 0 radical (unpaired) electrons. The van der Waals surface area contributed by atoms with Gasteiger partial charge in [-0.1, -0.05) is 19.0 Å². The van der Waals surface area contributed by atoms with Crippen molar-refractivity contribution in [2.45, 2.75) is 58.3 Å². The van der Waals surface area contributed by atoms with Crippen molar-refractivity contribution in [1.82, 2.24) is 19.8 Å². The number of aromatic nitrogens is 3. The Hall–Kier alpha value is -2.32. The van der Waals surface area contributed by atoms with Crippen LogP contribution >= 0.6 is 0 Å². The molecule has 9 heteroatoms. The highest BCUT2D eigenvalue weighted by Gasteiger charge is 2.36. The summed E-state index contributed by atoms with van der Waals surface area (Å²) in [6.07, 6.45) is -2.98. The zero-order chi connectivity index (χ0) is 19.1. The highest BCUT2D eigenvalue weighted by atomic mass is 19.4. The van der Waals surface area contributed by atoms with Gasteiger partial charge in [-0.05, 0) is 31.7 Å². The normalized spacial score (nSPS) is 18.1. The van der Waals surface area contributed by atoms with E-state index in [1.54, 1.807) is 4.90 Å². The first-order valence-electron chi connectivity index (χ1n) is 8.54. The number of aryl methyl sites for hydroxylation is 1. The zero-order valence-corrected chi connectivity index (χ0v) is 14.9. The maximum atomic E-state index is 12.8. The Morgan fingerprint density at radius 1 is 1.38 bits per heavy atom. The number of nitrogens with zero attached hydrogens (tertiary/aromatic N) is 4. The van der Waals surface area contributed by atoms with Crippen molar-refractivity contribution in [3.8, 4) is 0 Å². The van der Waals surface area contributed by atoms with E-state index < -0.39 is 11.9 Å². The molecule has 142 valence electrons. The second-order valence-electron chi connectivity index (χ2n) is 6.88. The Kier molecular flexibility index (Phi) is 4.81. The van der Waals surface area contributed by atoms with Gasteiger partial charge in [-0.2, -0.15) is 18.3 Å². The van der Waals surface area contributed by atoms with Crippen LogP contribution in [0, 0.1) is 6.92 Å². The number of hydrogen-bond donors (Lipinski definition) is 0. The first-order chi connectivity index (χ1) is 12.2. The molecule has 2 aromatic rings. The third kappa shape index (κ3) is 3.61. The van der Waals surface area contributed by atoms with Gasteiger partial charge in [0.1, 0.15) is 6.54 Å². The molecule has 6 nitrogen and oxygen atoms in total. The molecular formula is C17H21F3N4O2. The van der Waals surface area contributed by atoms with Crippen molar-refractivity contribution in [1.29, 1.82) is 0 Å². The number of likely N-dealkylation sites (tertiary alicyclic amines) is 1. The molecular weight excluding hydrogens is 349 g/mol. The summed E-state index contributed by atoms with van der Waals surface area (Å²) in [5.74, 6) is 0.549. The lowest BCUT2D eigenvalue weighted by Crippen LogP contribution is -2.33. The topological polar surface area (TPSA) is 64.2 Å². The quantitative estimate of drug-likeness (QED) is 0.823. The van der Waals surface area contributed by atoms with Crippen LogP contribution in [0.4, 0.5) is 13.2 Å². The molecule has 1 saturated heterocycles. The standard InChI is InChI=1S/C17H21F3N4O2/c1-10(2)12-8-14(26-22-12)13-5-4-6-23(13)16(25)9-24-11(3)7-15(21-24)17(18,19)20/h7-8,10,13H,4-6,9H2,1-3H3.